The SMILES string of the molecule is CC1(C)CNCC(C)(C)N1c1ccccc1. The number of nitrogens with zero attached hydrogens (tertiary/aromatic N) is 1. The van der Waals surface area contributed by atoms with Crippen molar-refractivity contribution in [3.05, 3.63) is 30.3 Å². The zero-order valence-electron chi connectivity index (χ0n) is 10.7. The molecule has 1 aromatic carbocycles. The number of para-hydroxylation sites is 1. The first kappa shape index (κ1) is 11.5. The molecule has 0 spiro atoms. The van der Waals surface area contributed by atoms with Gasteiger partial charge >= 0.3 is 0 Å². The summed E-state index contributed by atoms with van der Waals surface area (Å²) in [6.45, 7) is 11.3. The van der Waals surface area contributed by atoms with Gasteiger partial charge in [0, 0.05) is 29.9 Å². The predicted molar refractivity (Wildman–Crippen MR) is 69.9 cm³/mol. The highest BCUT2D eigenvalue weighted by atomic mass is 15.3. The van der Waals surface area contributed by atoms with Crippen molar-refractivity contribution in [2.24, 2.45) is 0 Å². The largest absolute Gasteiger partial charge is 0.359 e. The molecule has 2 heteroatoms. The first-order chi connectivity index (χ1) is 7.43. The van der Waals surface area contributed by atoms with Gasteiger partial charge in [0.2, 0.25) is 0 Å². The van der Waals surface area contributed by atoms with E-state index in [1.54, 1.807) is 0 Å². The summed E-state index contributed by atoms with van der Waals surface area (Å²) in [6.07, 6.45) is 0. The molecule has 1 N–H and O–H groups in total. The molecular weight excluding hydrogens is 196 g/mol. The third kappa shape index (κ3) is 1.94. The van der Waals surface area contributed by atoms with E-state index in [1.807, 2.05) is 0 Å². The number of nitrogens with one attached hydrogen (secondary N) is 1. The Kier molecular flexibility index (Phi) is 2.70. The summed E-state index contributed by atoms with van der Waals surface area (Å²) in [7, 11) is 0. The number of anilines is 1. The van der Waals surface area contributed by atoms with E-state index in [2.05, 4.69) is 68.2 Å². The summed E-state index contributed by atoms with van der Waals surface area (Å²) in [4.78, 5) is 2.54. The van der Waals surface area contributed by atoms with Crippen LogP contribution >= 0.6 is 0 Å². The monoisotopic (exact) mass is 218 g/mol. The quantitative estimate of drug-likeness (QED) is 0.779. The fourth-order valence-electron chi connectivity index (χ4n) is 2.93. The number of piperazine rings is 1. The molecule has 16 heavy (non-hydrogen) atoms. The molecule has 2 nitrogen and oxygen atoms in total. The van der Waals surface area contributed by atoms with Crippen LogP contribution in [-0.2, 0) is 0 Å². The van der Waals surface area contributed by atoms with Crippen LogP contribution in [0.25, 0.3) is 0 Å². The highest BCUT2D eigenvalue weighted by molar-refractivity contribution is 5.52. The molecule has 2 rings (SSSR count). The topological polar surface area (TPSA) is 15.3 Å². The maximum atomic E-state index is 3.52. The highest BCUT2D eigenvalue weighted by Crippen LogP contribution is 2.33. The first-order valence-corrected chi connectivity index (χ1v) is 6.00. The van der Waals surface area contributed by atoms with E-state index >= 15 is 0 Å². The minimum atomic E-state index is 0.156. The van der Waals surface area contributed by atoms with Crippen molar-refractivity contribution in [1.82, 2.24) is 5.32 Å². The number of rotatable bonds is 1. The van der Waals surface area contributed by atoms with Crippen molar-refractivity contribution >= 4 is 5.69 Å². The molecule has 0 unspecified atom stereocenters. The third-order valence-electron chi connectivity index (χ3n) is 3.34. The van der Waals surface area contributed by atoms with E-state index in [0.717, 1.165) is 13.1 Å². The van der Waals surface area contributed by atoms with E-state index in [-0.39, 0.29) is 11.1 Å². The van der Waals surface area contributed by atoms with Crippen molar-refractivity contribution in [2.45, 2.75) is 38.8 Å². The van der Waals surface area contributed by atoms with E-state index in [1.165, 1.54) is 5.69 Å². The maximum absolute atomic E-state index is 3.52. The molecule has 1 heterocycles. The minimum absolute atomic E-state index is 0.156. The van der Waals surface area contributed by atoms with E-state index < -0.39 is 0 Å². The molecule has 0 aromatic heterocycles. The average Bonchev–Trinajstić information content (AvgIpc) is 2.16. The lowest BCUT2D eigenvalue weighted by molar-refractivity contribution is 0.263. The van der Waals surface area contributed by atoms with E-state index in [0.29, 0.717) is 0 Å². The normalized spacial score (nSPS) is 23.1. The highest BCUT2D eigenvalue weighted by Gasteiger charge is 2.41. The molecule has 1 aliphatic heterocycles. The fourth-order valence-corrected chi connectivity index (χ4v) is 2.93. The molecule has 0 atom stereocenters. The number of hydrogen-bond donors (Lipinski definition) is 1. The van der Waals surface area contributed by atoms with Crippen molar-refractivity contribution in [1.29, 1.82) is 0 Å². The molecule has 0 saturated carbocycles. The molecule has 0 radical (unpaired) electrons. The molecule has 1 aliphatic rings. The average molecular weight is 218 g/mol. The number of benzene rings is 1. The minimum Gasteiger partial charge on any atom is -0.359 e. The Hall–Kier alpha value is -1.02. The predicted octanol–water partition coefficient (Wildman–Crippen LogP) is 2.65. The maximum Gasteiger partial charge on any atom is 0.0476 e. The van der Waals surface area contributed by atoms with Gasteiger partial charge in [0.15, 0.2) is 0 Å². The lowest BCUT2D eigenvalue weighted by Gasteiger charge is -2.54. The Morgan fingerprint density at radius 1 is 0.938 bits per heavy atom. The molecule has 0 amide bonds. The molecule has 0 aliphatic carbocycles. The first-order valence-electron chi connectivity index (χ1n) is 6.00. The fraction of sp³-hybridized carbons (Fsp3) is 0.571. The Bertz CT molecular complexity index is 338. The molecular formula is C14H22N2. The standard InChI is InChI=1S/C14H22N2/c1-13(2)10-15-11-14(3,4)16(13)12-8-6-5-7-9-12/h5-9,15H,10-11H2,1-4H3. The van der Waals surface area contributed by atoms with E-state index in [4.69, 9.17) is 0 Å². The van der Waals surface area contributed by atoms with Gasteiger partial charge in [0.25, 0.3) is 0 Å². The van der Waals surface area contributed by atoms with Crippen LogP contribution in [0.1, 0.15) is 27.7 Å². The Morgan fingerprint density at radius 3 is 1.94 bits per heavy atom. The van der Waals surface area contributed by atoms with Crippen LogP contribution in [0, 0.1) is 0 Å². The van der Waals surface area contributed by atoms with Crippen LogP contribution < -0.4 is 10.2 Å². The molecule has 88 valence electrons. The van der Waals surface area contributed by atoms with Gasteiger partial charge < -0.3 is 10.2 Å². The second-order valence-corrected chi connectivity index (χ2v) is 5.90. The second-order valence-electron chi connectivity index (χ2n) is 5.90. The van der Waals surface area contributed by atoms with E-state index in [9.17, 15) is 0 Å². The number of hydrogen-bond acceptors (Lipinski definition) is 2. The summed E-state index contributed by atoms with van der Waals surface area (Å²) in [6, 6.07) is 10.7. The summed E-state index contributed by atoms with van der Waals surface area (Å²) >= 11 is 0. The van der Waals surface area contributed by atoms with Crippen LogP contribution in [0.2, 0.25) is 0 Å². The van der Waals surface area contributed by atoms with Gasteiger partial charge in [-0.25, -0.2) is 0 Å². The third-order valence-corrected chi connectivity index (χ3v) is 3.34. The van der Waals surface area contributed by atoms with Gasteiger partial charge in [-0.05, 0) is 39.8 Å². The summed E-state index contributed by atoms with van der Waals surface area (Å²) < 4.78 is 0. The van der Waals surface area contributed by atoms with Crippen molar-refractivity contribution in [3.63, 3.8) is 0 Å². The second kappa shape index (κ2) is 3.77. The Morgan fingerprint density at radius 2 is 1.44 bits per heavy atom. The van der Waals surface area contributed by atoms with Crippen molar-refractivity contribution in [3.8, 4) is 0 Å². The lowest BCUT2D eigenvalue weighted by atomic mass is 9.88. The van der Waals surface area contributed by atoms with Crippen molar-refractivity contribution in [2.75, 3.05) is 18.0 Å². The Balaban J connectivity index is 2.41. The Labute approximate surface area is 98.7 Å². The van der Waals surface area contributed by atoms with Gasteiger partial charge in [-0.2, -0.15) is 0 Å². The van der Waals surface area contributed by atoms with Gasteiger partial charge in [-0.1, -0.05) is 18.2 Å². The van der Waals surface area contributed by atoms with Crippen LogP contribution in [0.4, 0.5) is 5.69 Å². The van der Waals surface area contributed by atoms with Crippen LogP contribution in [-0.4, -0.2) is 24.2 Å². The summed E-state index contributed by atoms with van der Waals surface area (Å²) in [5.74, 6) is 0. The van der Waals surface area contributed by atoms with Crippen molar-refractivity contribution < 1.29 is 0 Å². The van der Waals surface area contributed by atoms with Gasteiger partial charge in [0.05, 0.1) is 0 Å². The zero-order chi connectivity index (χ0) is 11.8. The molecule has 1 saturated heterocycles. The van der Waals surface area contributed by atoms with Crippen LogP contribution in [0.3, 0.4) is 0 Å². The van der Waals surface area contributed by atoms with Gasteiger partial charge in [-0.15, -0.1) is 0 Å². The van der Waals surface area contributed by atoms with Gasteiger partial charge in [0.1, 0.15) is 0 Å². The molecule has 0 bridgehead atoms. The summed E-state index contributed by atoms with van der Waals surface area (Å²) in [5, 5.41) is 3.52. The zero-order valence-corrected chi connectivity index (χ0v) is 10.7. The smallest absolute Gasteiger partial charge is 0.0476 e. The van der Waals surface area contributed by atoms with Crippen LogP contribution in [0.5, 0.6) is 0 Å². The van der Waals surface area contributed by atoms with Crippen LogP contribution in [0.15, 0.2) is 30.3 Å². The summed E-state index contributed by atoms with van der Waals surface area (Å²) in [5.41, 5.74) is 1.63. The lowest BCUT2D eigenvalue weighted by Crippen LogP contribution is -2.68. The molecule has 1 fully saturated rings. The van der Waals surface area contributed by atoms with Gasteiger partial charge in [-0.3, -0.25) is 0 Å². The molecule has 1 aromatic rings.